The minimum atomic E-state index is -0.222. The Labute approximate surface area is 107 Å². The van der Waals surface area contributed by atoms with Crippen LogP contribution in [0.1, 0.15) is 32.3 Å². The van der Waals surface area contributed by atoms with E-state index in [1.54, 1.807) is 0 Å². The highest BCUT2D eigenvalue weighted by Gasteiger charge is 2.44. The Morgan fingerprint density at radius 1 is 1.33 bits per heavy atom. The fourth-order valence-electron chi connectivity index (χ4n) is 2.08. The smallest absolute Gasteiger partial charge is 0.315 e. The third-order valence-electron chi connectivity index (χ3n) is 3.32. The Hall–Kier alpha value is -1.58. The summed E-state index contributed by atoms with van der Waals surface area (Å²) in [5.41, 5.74) is 1.12. The van der Waals surface area contributed by atoms with E-state index in [1.165, 1.54) is 12.1 Å². The number of carbonyl (C=O) groups excluding carboxylic acids is 1. The molecule has 3 nitrogen and oxygen atoms in total. The average Bonchev–Trinajstić information content (AvgIpc) is 3.08. The second-order valence-corrected chi connectivity index (χ2v) is 5.27. The largest absolute Gasteiger partial charge is 0.337 e. The van der Waals surface area contributed by atoms with Crippen molar-refractivity contribution in [3.05, 3.63) is 35.6 Å². The third-order valence-corrected chi connectivity index (χ3v) is 3.32. The van der Waals surface area contributed by atoms with Gasteiger partial charge in [0.05, 0.1) is 0 Å². The zero-order valence-electron chi connectivity index (χ0n) is 10.8. The number of nitrogens with one attached hydrogen (secondary N) is 2. The van der Waals surface area contributed by atoms with Gasteiger partial charge in [-0.3, -0.25) is 0 Å². The zero-order chi connectivity index (χ0) is 13.2. The van der Waals surface area contributed by atoms with Crippen molar-refractivity contribution in [2.24, 2.45) is 0 Å². The first kappa shape index (κ1) is 12.9. The summed E-state index contributed by atoms with van der Waals surface area (Å²) < 4.78 is 12.9. The van der Waals surface area contributed by atoms with Crippen molar-refractivity contribution >= 4 is 6.03 Å². The van der Waals surface area contributed by atoms with Crippen molar-refractivity contribution in [1.29, 1.82) is 0 Å². The summed E-state index contributed by atoms with van der Waals surface area (Å²) in [6.45, 7) is 4.45. The molecule has 1 aromatic rings. The van der Waals surface area contributed by atoms with Crippen LogP contribution in [0.3, 0.4) is 0 Å². The van der Waals surface area contributed by atoms with Crippen molar-refractivity contribution in [2.45, 2.75) is 38.1 Å². The first-order valence-corrected chi connectivity index (χ1v) is 6.32. The normalized spacial score (nSPS) is 16.4. The molecule has 1 fully saturated rings. The first-order valence-electron chi connectivity index (χ1n) is 6.32. The molecule has 0 saturated heterocycles. The van der Waals surface area contributed by atoms with E-state index in [-0.39, 0.29) is 23.3 Å². The standard InChI is InChI=1S/C14H19FN2O/c1-10(2)17-13(18)16-9-14(7-8-14)11-3-5-12(15)6-4-11/h3-6,10H,7-9H2,1-2H3,(H2,16,17,18). The van der Waals surface area contributed by atoms with Crippen molar-refractivity contribution in [1.82, 2.24) is 10.6 Å². The molecule has 0 aromatic heterocycles. The molecular weight excluding hydrogens is 231 g/mol. The molecule has 1 aromatic carbocycles. The number of urea groups is 1. The van der Waals surface area contributed by atoms with E-state index in [0.29, 0.717) is 6.54 Å². The molecule has 18 heavy (non-hydrogen) atoms. The number of hydrogen-bond donors (Lipinski definition) is 2. The molecule has 2 N–H and O–H groups in total. The Morgan fingerprint density at radius 3 is 2.44 bits per heavy atom. The number of amides is 2. The average molecular weight is 250 g/mol. The predicted molar refractivity (Wildman–Crippen MR) is 69.0 cm³/mol. The van der Waals surface area contributed by atoms with E-state index in [2.05, 4.69) is 10.6 Å². The fraction of sp³-hybridized carbons (Fsp3) is 0.500. The molecule has 0 aliphatic heterocycles. The number of benzene rings is 1. The molecule has 0 atom stereocenters. The molecular formula is C14H19FN2O. The number of hydrogen-bond acceptors (Lipinski definition) is 1. The summed E-state index contributed by atoms with van der Waals surface area (Å²) in [6.07, 6.45) is 2.08. The maximum atomic E-state index is 12.9. The van der Waals surface area contributed by atoms with E-state index in [9.17, 15) is 9.18 Å². The van der Waals surface area contributed by atoms with Gasteiger partial charge in [-0.05, 0) is 44.4 Å². The second-order valence-electron chi connectivity index (χ2n) is 5.27. The zero-order valence-corrected chi connectivity index (χ0v) is 10.8. The van der Waals surface area contributed by atoms with Crippen LogP contribution in [0, 0.1) is 5.82 Å². The van der Waals surface area contributed by atoms with Crippen LogP contribution >= 0.6 is 0 Å². The molecule has 2 amide bonds. The first-order chi connectivity index (χ1) is 8.52. The van der Waals surface area contributed by atoms with Crippen LogP contribution in [0.15, 0.2) is 24.3 Å². The summed E-state index contributed by atoms with van der Waals surface area (Å²) >= 11 is 0. The summed E-state index contributed by atoms with van der Waals surface area (Å²) in [5.74, 6) is -0.222. The van der Waals surface area contributed by atoms with Gasteiger partial charge < -0.3 is 10.6 Å². The van der Waals surface area contributed by atoms with Gasteiger partial charge in [-0.25, -0.2) is 9.18 Å². The predicted octanol–water partition coefficient (Wildman–Crippen LogP) is 2.56. The Bertz CT molecular complexity index is 424. The molecule has 0 bridgehead atoms. The third kappa shape index (κ3) is 3.00. The maximum Gasteiger partial charge on any atom is 0.315 e. The van der Waals surface area contributed by atoms with Gasteiger partial charge in [0.25, 0.3) is 0 Å². The SMILES string of the molecule is CC(C)NC(=O)NCC1(c2ccc(F)cc2)CC1. The maximum absolute atomic E-state index is 12.9. The van der Waals surface area contributed by atoms with E-state index < -0.39 is 0 Å². The summed E-state index contributed by atoms with van der Waals surface area (Å²) in [6, 6.07) is 6.56. The Kier molecular flexibility index (Phi) is 3.55. The van der Waals surface area contributed by atoms with Gasteiger partial charge in [-0.2, -0.15) is 0 Å². The Morgan fingerprint density at radius 2 is 1.94 bits per heavy atom. The van der Waals surface area contributed by atoms with Gasteiger partial charge in [0.1, 0.15) is 5.82 Å². The Balaban J connectivity index is 1.92. The topological polar surface area (TPSA) is 41.1 Å². The van der Waals surface area contributed by atoms with Crippen molar-refractivity contribution in [2.75, 3.05) is 6.54 Å². The van der Waals surface area contributed by atoms with E-state index in [4.69, 9.17) is 0 Å². The van der Waals surface area contributed by atoms with Crippen LogP contribution in [0.25, 0.3) is 0 Å². The summed E-state index contributed by atoms with van der Waals surface area (Å²) in [4.78, 5) is 11.5. The number of halogens is 1. The lowest BCUT2D eigenvalue weighted by molar-refractivity contribution is 0.237. The van der Waals surface area contributed by atoms with Gasteiger partial charge in [0, 0.05) is 18.0 Å². The quantitative estimate of drug-likeness (QED) is 0.847. The van der Waals surface area contributed by atoms with Crippen molar-refractivity contribution in [3.63, 3.8) is 0 Å². The fourth-order valence-corrected chi connectivity index (χ4v) is 2.08. The van der Waals surface area contributed by atoms with Gasteiger partial charge in [-0.1, -0.05) is 12.1 Å². The van der Waals surface area contributed by atoms with Gasteiger partial charge >= 0.3 is 6.03 Å². The van der Waals surface area contributed by atoms with Crippen molar-refractivity contribution < 1.29 is 9.18 Å². The van der Waals surface area contributed by atoms with Crippen LogP contribution < -0.4 is 10.6 Å². The lowest BCUT2D eigenvalue weighted by Crippen LogP contribution is -2.42. The van der Waals surface area contributed by atoms with Crippen LogP contribution in [-0.4, -0.2) is 18.6 Å². The van der Waals surface area contributed by atoms with E-state index in [1.807, 2.05) is 26.0 Å². The minimum absolute atomic E-state index is 0.0159. The van der Waals surface area contributed by atoms with Crippen LogP contribution in [0.4, 0.5) is 9.18 Å². The van der Waals surface area contributed by atoms with Crippen molar-refractivity contribution in [3.8, 4) is 0 Å². The van der Waals surface area contributed by atoms with E-state index in [0.717, 1.165) is 18.4 Å². The minimum Gasteiger partial charge on any atom is -0.337 e. The van der Waals surface area contributed by atoms with Crippen LogP contribution in [-0.2, 0) is 5.41 Å². The molecule has 1 aliphatic rings. The molecule has 1 saturated carbocycles. The molecule has 0 heterocycles. The van der Waals surface area contributed by atoms with E-state index >= 15 is 0 Å². The van der Waals surface area contributed by atoms with Crippen LogP contribution in [0.2, 0.25) is 0 Å². The highest BCUT2D eigenvalue weighted by Crippen LogP contribution is 2.47. The molecule has 1 aliphatic carbocycles. The lowest BCUT2D eigenvalue weighted by atomic mass is 9.96. The second kappa shape index (κ2) is 4.96. The molecule has 2 rings (SSSR count). The number of rotatable bonds is 4. The highest BCUT2D eigenvalue weighted by atomic mass is 19.1. The monoisotopic (exact) mass is 250 g/mol. The molecule has 98 valence electrons. The van der Waals surface area contributed by atoms with Gasteiger partial charge in [-0.15, -0.1) is 0 Å². The molecule has 0 spiro atoms. The highest BCUT2D eigenvalue weighted by molar-refractivity contribution is 5.74. The molecule has 0 unspecified atom stereocenters. The lowest BCUT2D eigenvalue weighted by Gasteiger charge is -2.17. The molecule has 4 heteroatoms. The van der Waals surface area contributed by atoms with Crippen LogP contribution in [0.5, 0.6) is 0 Å². The van der Waals surface area contributed by atoms with Gasteiger partial charge in [0.15, 0.2) is 0 Å². The molecule has 0 radical (unpaired) electrons. The van der Waals surface area contributed by atoms with Gasteiger partial charge in [0.2, 0.25) is 0 Å². The summed E-state index contributed by atoms with van der Waals surface area (Å²) in [7, 11) is 0. The summed E-state index contributed by atoms with van der Waals surface area (Å²) in [5, 5.41) is 5.68. The number of carbonyl (C=O) groups is 1.